The summed E-state index contributed by atoms with van der Waals surface area (Å²) in [6.45, 7) is 6.00. The van der Waals surface area contributed by atoms with E-state index in [1.165, 1.54) is 11.1 Å². The van der Waals surface area contributed by atoms with Crippen LogP contribution < -0.4 is 5.32 Å². The number of carbonyl (C=O) groups excluding carboxylic acids is 2. The second-order valence-corrected chi connectivity index (χ2v) is 8.96. The van der Waals surface area contributed by atoms with E-state index in [9.17, 15) is 14.9 Å². The quantitative estimate of drug-likeness (QED) is 0.302. The monoisotopic (exact) mass is 463 g/mol. The number of hydrogen-bond acceptors (Lipinski definition) is 6. The number of rotatable bonds is 6. The standard InChI is InChI=1S/C25H25N3O4S/c1-4-31-25(30)22-19-8-5-6-9-20(19)33-24(22)28-15(2)12-17(16(28)3)13-18(14-26)23(29)27-21-10-7-11-32-21/h7,10-13H,4-6,8-9H2,1-3H3,(H,27,29)/b18-13+. The lowest BCUT2D eigenvalue weighted by Gasteiger charge is -2.13. The van der Waals surface area contributed by atoms with Crippen molar-refractivity contribution in [3.63, 3.8) is 0 Å². The molecular formula is C25H25N3O4S. The third-order valence-electron chi connectivity index (χ3n) is 5.73. The largest absolute Gasteiger partial charge is 0.462 e. The van der Waals surface area contributed by atoms with Crippen LogP contribution in [0.2, 0.25) is 0 Å². The molecule has 4 rings (SSSR count). The number of amides is 1. The number of carbonyl (C=O) groups is 2. The van der Waals surface area contributed by atoms with Crippen molar-refractivity contribution in [2.75, 3.05) is 11.9 Å². The minimum Gasteiger partial charge on any atom is -0.462 e. The SMILES string of the molecule is CCOC(=O)c1c(-n2c(C)cc(/C=C(\C#N)C(=O)Nc3ccco3)c2C)sc2c1CCCC2. The third-order valence-corrected chi connectivity index (χ3v) is 7.01. The number of nitriles is 1. The maximum atomic E-state index is 12.9. The number of fused-ring (bicyclic) bond motifs is 1. The molecule has 170 valence electrons. The molecule has 0 saturated heterocycles. The normalized spacial score (nSPS) is 13.3. The molecule has 0 bridgehead atoms. The Kier molecular flexibility index (Phi) is 6.52. The van der Waals surface area contributed by atoms with Gasteiger partial charge in [-0.15, -0.1) is 11.3 Å². The zero-order valence-corrected chi connectivity index (χ0v) is 19.7. The van der Waals surface area contributed by atoms with Crippen molar-refractivity contribution in [2.45, 2.75) is 46.5 Å². The number of hydrogen-bond donors (Lipinski definition) is 1. The molecule has 1 aliphatic rings. The van der Waals surface area contributed by atoms with Crippen LogP contribution in [0.1, 0.15) is 57.5 Å². The molecule has 0 fully saturated rings. The number of ether oxygens (including phenoxy) is 1. The van der Waals surface area contributed by atoms with Gasteiger partial charge in [0.2, 0.25) is 0 Å². The summed E-state index contributed by atoms with van der Waals surface area (Å²) in [4.78, 5) is 26.7. The molecule has 3 aromatic heterocycles. The molecule has 1 amide bonds. The van der Waals surface area contributed by atoms with Gasteiger partial charge >= 0.3 is 5.97 Å². The van der Waals surface area contributed by atoms with Crippen molar-refractivity contribution in [2.24, 2.45) is 0 Å². The summed E-state index contributed by atoms with van der Waals surface area (Å²) < 4.78 is 12.6. The maximum Gasteiger partial charge on any atom is 0.341 e. The van der Waals surface area contributed by atoms with Crippen LogP contribution in [0, 0.1) is 25.2 Å². The molecule has 8 heteroatoms. The molecule has 1 N–H and O–H groups in total. The number of furan rings is 1. The lowest BCUT2D eigenvalue weighted by atomic mass is 9.95. The number of nitrogens with zero attached hydrogens (tertiary/aromatic N) is 2. The van der Waals surface area contributed by atoms with Crippen LogP contribution in [0.4, 0.5) is 5.88 Å². The van der Waals surface area contributed by atoms with Crippen molar-refractivity contribution in [1.82, 2.24) is 4.57 Å². The lowest BCUT2D eigenvalue weighted by molar-refractivity contribution is -0.112. The highest BCUT2D eigenvalue weighted by Crippen LogP contribution is 2.39. The summed E-state index contributed by atoms with van der Waals surface area (Å²) in [5.41, 5.74) is 4.19. The highest BCUT2D eigenvalue weighted by atomic mass is 32.1. The fourth-order valence-electron chi connectivity index (χ4n) is 4.20. The number of thiophene rings is 1. The first-order valence-corrected chi connectivity index (χ1v) is 11.7. The molecule has 0 unspecified atom stereocenters. The predicted molar refractivity (Wildman–Crippen MR) is 127 cm³/mol. The Balaban J connectivity index is 1.76. The van der Waals surface area contributed by atoms with Crippen LogP contribution in [-0.4, -0.2) is 23.1 Å². The zero-order valence-electron chi connectivity index (χ0n) is 18.9. The van der Waals surface area contributed by atoms with E-state index in [-0.39, 0.29) is 17.4 Å². The van der Waals surface area contributed by atoms with Gasteiger partial charge in [-0.3, -0.25) is 10.1 Å². The molecule has 0 aromatic carbocycles. The minimum atomic E-state index is -0.545. The van der Waals surface area contributed by atoms with Crippen LogP contribution in [0.5, 0.6) is 0 Å². The number of anilines is 1. The van der Waals surface area contributed by atoms with Gasteiger partial charge in [0.05, 0.1) is 18.4 Å². The number of aryl methyl sites for hydroxylation is 2. The van der Waals surface area contributed by atoms with E-state index in [0.717, 1.165) is 53.2 Å². The maximum absolute atomic E-state index is 12.9. The first kappa shape index (κ1) is 22.6. The van der Waals surface area contributed by atoms with Crippen LogP contribution in [0.25, 0.3) is 11.1 Å². The second-order valence-electron chi connectivity index (χ2n) is 7.87. The lowest BCUT2D eigenvalue weighted by Crippen LogP contribution is -2.13. The Morgan fingerprint density at radius 1 is 1.33 bits per heavy atom. The number of esters is 1. The van der Waals surface area contributed by atoms with Crippen molar-refractivity contribution >= 4 is 35.2 Å². The summed E-state index contributed by atoms with van der Waals surface area (Å²) in [6.07, 6.45) is 7.02. The van der Waals surface area contributed by atoms with E-state index in [1.807, 2.05) is 37.5 Å². The minimum absolute atomic E-state index is 0.0391. The van der Waals surface area contributed by atoms with Gasteiger partial charge in [0.1, 0.15) is 16.6 Å². The summed E-state index contributed by atoms with van der Waals surface area (Å²) in [5, 5.41) is 13.0. The van der Waals surface area contributed by atoms with Gasteiger partial charge in [-0.05, 0) is 75.8 Å². The van der Waals surface area contributed by atoms with Gasteiger partial charge in [0.25, 0.3) is 5.91 Å². The van der Waals surface area contributed by atoms with Crippen molar-refractivity contribution in [3.05, 3.63) is 63.0 Å². The van der Waals surface area contributed by atoms with Gasteiger partial charge in [0.15, 0.2) is 5.88 Å². The molecule has 33 heavy (non-hydrogen) atoms. The average Bonchev–Trinajstić information content (AvgIpc) is 3.50. The van der Waals surface area contributed by atoms with E-state index in [2.05, 4.69) is 5.32 Å². The van der Waals surface area contributed by atoms with Crippen LogP contribution >= 0.6 is 11.3 Å². The smallest absolute Gasteiger partial charge is 0.341 e. The first-order chi connectivity index (χ1) is 15.9. The average molecular weight is 464 g/mol. The Labute approximate surface area is 196 Å². The van der Waals surface area contributed by atoms with Gasteiger partial charge in [-0.25, -0.2) is 4.79 Å². The molecule has 0 spiro atoms. The van der Waals surface area contributed by atoms with E-state index >= 15 is 0 Å². The predicted octanol–water partition coefficient (Wildman–Crippen LogP) is 5.35. The molecule has 3 aromatic rings. The fourth-order valence-corrected chi connectivity index (χ4v) is 5.69. The highest BCUT2D eigenvalue weighted by Gasteiger charge is 2.28. The Bertz CT molecular complexity index is 1270. The van der Waals surface area contributed by atoms with Crippen molar-refractivity contribution in [1.29, 1.82) is 5.26 Å². The Morgan fingerprint density at radius 2 is 2.12 bits per heavy atom. The van der Waals surface area contributed by atoms with E-state index in [1.54, 1.807) is 29.5 Å². The Morgan fingerprint density at radius 3 is 2.82 bits per heavy atom. The van der Waals surface area contributed by atoms with Gasteiger partial charge in [-0.1, -0.05) is 0 Å². The summed E-state index contributed by atoms with van der Waals surface area (Å²) in [7, 11) is 0. The van der Waals surface area contributed by atoms with E-state index < -0.39 is 5.91 Å². The highest BCUT2D eigenvalue weighted by molar-refractivity contribution is 7.15. The van der Waals surface area contributed by atoms with E-state index in [4.69, 9.17) is 9.15 Å². The number of nitrogens with one attached hydrogen (secondary N) is 1. The second kappa shape index (κ2) is 9.51. The van der Waals surface area contributed by atoms with Crippen molar-refractivity contribution < 1.29 is 18.7 Å². The fraction of sp³-hybridized carbons (Fsp3) is 0.320. The first-order valence-electron chi connectivity index (χ1n) is 10.9. The molecule has 7 nitrogen and oxygen atoms in total. The summed E-state index contributed by atoms with van der Waals surface area (Å²) in [6, 6.07) is 7.15. The van der Waals surface area contributed by atoms with Crippen LogP contribution in [-0.2, 0) is 22.4 Å². The molecule has 0 aliphatic heterocycles. The zero-order chi connectivity index (χ0) is 23.5. The molecule has 0 radical (unpaired) electrons. The van der Waals surface area contributed by atoms with Gasteiger partial charge in [-0.2, -0.15) is 5.26 Å². The summed E-state index contributed by atoms with van der Waals surface area (Å²) in [5.74, 6) is -0.571. The summed E-state index contributed by atoms with van der Waals surface area (Å²) >= 11 is 1.63. The molecule has 3 heterocycles. The molecule has 0 saturated carbocycles. The Hall–Kier alpha value is -3.57. The molecule has 0 atom stereocenters. The van der Waals surface area contributed by atoms with E-state index in [0.29, 0.717) is 12.2 Å². The molecule has 1 aliphatic carbocycles. The number of aromatic nitrogens is 1. The topological polar surface area (TPSA) is 97.3 Å². The van der Waals surface area contributed by atoms with Crippen LogP contribution in [0.15, 0.2) is 34.5 Å². The molecular weight excluding hydrogens is 438 g/mol. The van der Waals surface area contributed by atoms with Crippen molar-refractivity contribution in [3.8, 4) is 11.1 Å². The van der Waals surface area contributed by atoms with Gasteiger partial charge < -0.3 is 13.7 Å². The van der Waals surface area contributed by atoms with Gasteiger partial charge in [0, 0.05) is 22.3 Å². The third kappa shape index (κ3) is 4.37. The van der Waals surface area contributed by atoms with Crippen LogP contribution in [0.3, 0.4) is 0 Å².